The second kappa shape index (κ2) is 5.42. The number of nitrogens with two attached hydrogens (primary N) is 1. The first-order valence-electron chi connectivity index (χ1n) is 7.65. The largest absolute Gasteiger partial charge is 0.454 e. The van der Waals surface area contributed by atoms with Gasteiger partial charge in [-0.2, -0.15) is 0 Å². The number of hydrogen-bond donors (Lipinski definition) is 1. The Bertz CT molecular complexity index is 1100. The molecule has 0 spiro atoms. The SMILES string of the molecule is Nc1ncnc2nc(-c3ccc4c(c3)OCO4)cc(-c3cccs3)c12. The highest BCUT2D eigenvalue weighted by Gasteiger charge is 2.17. The highest BCUT2D eigenvalue weighted by Crippen LogP contribution is 2.39. The smallest absolute Gasteiger partial charge is 0.231 e. The lowest BCUT2D eigenvalue weighted by Crippen LogP contribution is -1.98. The van der Waals surface area contributed by atoms with E-state index in [1.54, 1.807) is 11.3 Å². The van der Waals surface area contributed by atoms with E-state index in [0.29, 0.717) is 11.5 Å². The number of thiophene rings is 1. The molecule has 1 aromatic carbocycles. The number of anilines is 1. The lowest BCUT2D eigenvalue weighted by molar-refractivity contribution is 0.174. The van der Waals surface area contributed by atoms with E-state index >= 15 is 0 Å². The molecule has 0 bridgehead atoms. The maximum absolute atomic E-state index is 6.10. The van der Waals surface area contributed by atoms with Crippen LogP contribution in [0.4, 0.5) is 5.82 Å². The Morgan fingerprint density at radius 1 is 1.04 bits per heavy atom. The monoisotopic (exact) mass is 348 g/mol. The lowest BCUT2D eigenvalue weighted by Gasteiger charge is -2.10. The van der Waals surface area contributed by atoms with Crippen LogP contribution in [0.1, 0.15) is 0 Å². The molecule has 0 unspecified atom stereocenters. The number of nitrogens with zero attached hydrogens (tertiary/aromatic N) is 3. The average Bonchev–Trinajstić information content (AvgIpc) is 3.32. The van der Waals surface area contributed by atoms with Gasteiger partial charge in [0.1, 0.15) is 12.1 Å². The molecule has 7 heteroatoms. The zero-order valence-corrected chi connectivity index (χ0v) is 13.8. The highest BCUT2D eigenvalue weighted by molar-refractivity contribution is 7.13. The summed E-state index contributed by atoms with van der Waals surface area (Å²) in [5, 5.41) is 2.80. The van der Waals surface area contributed by atoms with Gasteiger partial charge < -0.3 is 15.2 Å². The molecule has 0 fully saturated rings. The van der Waals surface area contributed by atoms with Crippen molar-refractivity contribution in [2.75, 3.05) is 12.5 Å². The van der Waals surface area contributed by atoms with Gasteiger partial charge in [-0.1, -0.05) is 6.07 Å². The molecule has 4 heterocycles. The Morgan fingerprint density at radius 3 is 2.84 bits per heavy atom. The van der Waals surface area contributed by atoms with E-state index in [1.165, 1.54) is 6.33 Å². The summed E-state index contributed by atoms with van der Waals surface area (Å²) in [4.78, 5) is 14.2. The maximum Gasteiger partial charge on any atom is 0.231 e. The van der Waals surface area contributed by atoms with Gasteiger partial charge in [0.05, 0.1) is 11.1 Å². The number of pyridine rings is 1. The summed E-state index contributed by atoms with van der Waals surface area (Å²) in [6.07, 6.45) is 1.44. The number of ether oxygens (including phenoxy) is 2. The Morgan fingerprint density at radius 2 is 1.96 bits per heavy atom. The molecule has 0 radical (unpaired) electrons. The Hall–Kier alpha value is -3.19. The molecule has 6 nitrogen and oxygen atoms in total. The van der Waals surface area contributed by atoms with Crippen LogP contribution in [0, 0.1) is 0 Å². The first-order valence-corrected chi connectivity index (χ1v) is 8.53. The van der Waals surface area contributed by atoms with Crippen LogP contribution in [-0.4, -0.2) is 21.7 Å². The van der Waals surface area contributed by atoms with E-state index < -0.39 is 0 Å². The fourth-order valence-corrected chi connectivity index (χ4v) is 3.67. The molecule has 122 valence electrons. The van der Waals surface area contributed by atoms with Crippen LogP contribution in [0.3, 0.4) is 0 Å². The van der Waals surface area contributed by atoms with Gasteiger partial charge >= 0.3 is 0 Å². The first-order chi connectivity index (χ1) is 12.3. The van der Waals surface area contributed by atoms with Crippen molar-refractivity contribution < 1.29 is 9.47 Å². The Labute approximate surface area is 146 Å². The summed E-state index contributed by atoms with van der Waals surface area (Å²) in [6, 6.07) is 11.9. The molecule has 4 aromatic rings. The van der Waals surface area contributed by atoms with E-state index in [4.69, 9.17) is 15.2 Å². The topological polar surface area (TPSA) is 83.2 Å². The van der Waals surface area contributed by atoms with E-state index in [0.717, 1.165) is 38.6 Å². The molecule has 0 amide bonds. The second-order valence-corrected chi connectivity index (χ2v) is 6.51. The van der Waals surface area contributed by atoms with Gasteiger partial charge in [0.25, 0.3) is 0 Å². The summed E-state index contributed by atoms with van der Waals surface area (Å²) in [6.45, 7) is 0.244. The minimum Gasteiger partial charge on any atom is -0.454 e. The Balaban J connectivity index is 1.77. The van der Waals surface area contributed by atoms with Crippen molar-refractivity contribution >= 4 is 28.2 Å². The quantitative estimate of drug-likeness (QED) is 0.594. The Kier molecular flexibility index (Phi) is 3.07. The highest BCUT2D eigenvalue weighted by atomic mass is 32.1. The summed E-state index contributed by atoms with van der Waals surface area (Å²) in [5.41, 5.74) is 9.39. The number of benzene rings is 1. The summed E-state index contributed by atoms with van der Waals surface area (Å²) in [7, 11) is 0. The van der Waals surface area contributed by atoms with Crippen molar-refractivity contribution in [1.29, 1.82) is 0 Å². The number of aromatic nitrogens is 3. The fourth-order valence-electron chi connectivity index (χ4n) is 2.92. The molecule has 0 saturated heterocycles. The van der Waals surface area contributed by atoms with Crippen LogP contribution < -0.4 is 15.2 Å². The van der Waals surface area contributed by atoms with Gasteiger partial charge in [-0.3, -0.25) is 0 Å². The van der Waals surface area contributed by atoms with Crippen molar-refractivity contribution in [3.05, 3.63) is 48.1 Å². The van der Waals surface area contributed by atoms with Gasteiger partial charge in [0.15, 0.2) is 17.1 Å². The number of rotatable bonds is 2. The average molecular weight is 348 g/mol. The van der Waals surface area contributed by atoms with Crippen molar-refractivity contribution in [3.8, 4) is 33.2 Å². The molecule has 5 rings (SSSR count). The van der Waals surface area contributed by atoms with Crippen LogP contribution in [-0.2, 0) is 0 Å². The van der Waals surface area contributed by atoms with Crippen LogP contribution in [0.25, 0.3) is 32.7 Å². The third kappa shape index (κ3) is 2.28. The van der Waals surface area contributed by atoms with Crippen LogP contribution in [0.5, 0.6) is 11.5 Å². The number of nitrogen functional groups attached to an aromatic ring is 1. The standard InChI is InChI=1S/C18H12N4O2S/c19-17-16-11(15-2-1-5-25-15)7-12(22-18(16)21-8-20-17)10-3-4-13-14(6-10)24-9-23-13/h1-8H,9H2,(H2,19,20,21,22). The molecule has 1 aliphatic heterocycles. The van der Waals surface area contributed by atoms with Gasteiger partial charge in [-0.05, 0) is 35.7 Å². The minimum absolute atomic E-state index is 0.244. The fraction of sp³-hybridized carbons (Fsp3) is 0.0556. The summed E-state index contributed by atoms with van der Waals surface area (Å²) in [5.74, 6) is 1.90. The zero-order chi connectivity index (χ0) is 16.8. The van der Waals surface area contributed by atoms with Gasteiger partial charge in [0.2, 0.25) is 6.79 Å². The molecule has 0 aliphatic carbocycles. The summed E-state index contributed by atoms with van der Waals surface area (Å²) >= 11 is 1.64. The lowest BCUT2D eigenvalue weighted by atomic mass is 10.0. The molecule has 1 aliphatic rings. The predicted molar refractivity (Wildman–Crippen MR) is 96.6 cm³/mol. The number of fused-ring (bicyclic) bond motifs is 2. The van der Waals surface area contributed by atoms with E-state index in [1.807, 2.05) is 35.7 Å². The summed E-state index contributed by atoms with van der Waals surface area (Å²) < 4.78 is 10.9. The minimum atomic E-state index is 0.244. The predicted octanol–water partition coefficient (Wildman–Crippen LogP) is 3.73. The third-order valence-corrected chi connectivity index (χ3v) is 4.99. The molecule has 2 N–H and O–H groups in total. The normalized spacial score (nSPS) is 12.6. The van der Waals surface area contributed by atoms with Gasteiger partial charge in [-0.25, -0.2) is 15.0 Å². The molecule has 0 saturated carbocycles. The molecule has 25 heavy (non-hydrogen) atoms. The van der Waals surface area contributed by atoms with E-state index in [-0.39, 0.29) is 6.79 Å². The molecular formula is C18H12N4O2S. The van der Waals surface area contributed by atoms with Crippen molar-refractivity contribution in [2.45, 2.75) is 0 Å². The molecule has 0 atom stereocenters. The van der Waals surface area contributed by atoms with Crippen LogP contribution in [0.15, 0.2) is 48.1 Å². The van der Waals surface area contributed by atoms with E-state index in [9.17, 15) is 0 Å². The van der Waals surface area contributed by atoms with Crippen LogP contribution in [0.2, 0.25) is 0 Å². The van der Waals surface area contributed by atoms with Crippen molar-refractivity contribution in [2.24, 2.45) is 0 Å². The van der Waals surface area contributed by atoms with Crippen molar-refractivity contribution in [1.82, 2.24) is 15.0 Å². The number of hydrogen-bond acceptors (Lipinski definition) is 7. The van der Waals surface area contributed by atoms with Gasteiger partial charge in [-0.15, -0.1) is 11.3 Å². The van der Waals surface area contributed by atoms with Crippen molar-refractivity contribution in [3.63, 3.8) is 0 Å². The molecule has 3 aromatic heterocycles. The first kappa shape index (κ1) is 14.2. The second-order valence-electron chi connectivity index (χ2n) is 5.56. The van der Waals surface area contributed by atoms with Crippen LogP contribution >= 0.6 is 11.3 Å². The van der Waals surface area contributed by atoms with Gasteiger partial charge in [0, 0.05) is 16.0 Å². The molecular weight excluding hydrogens is 336 g/mol. The maximum atomic E-state index is 6.10. The van der Waals surface area contributed by atoms with E-state index in [2.05, 4.69) is 21.0 Å². The zero-order valence-electron chi connectivity index (χ0n) is 13.0. The third-order valence-electron chi connectivity index (χ3n) is 4.09.